The third-order valence-electron chi connectivity index (χ3n) is 3.75. The molecule has 0 unspecified atom stereocenters. The van der Waals surface area contributed by atoms with Crippen LogP contribution in [0.1, 0.15) is 43.4 Å². The molecule has 1 aromatic heterocycles. The maximum Gasteiger partial charge on any atom is 0.0613 e. The Morgan fingerprint density at radius 2 is 2.06 bits per heavy atom. The first-order valence-electron chi connectivity index (χ1n) is 6.52. The zero-order valence-corrected chi connectivity index (χ0v) is 10.6. The second kappa shape index (κ2) is 5.61. The second-order valence-electron chi connectivity index (χ2n) is 5.16. The standard InChI is InChI=1S/C14H22N2O/c1-12-5-6-13(9-15-12)10-16-14(11-17)7-3-2-4-8-14/h5-6,9,16-17H,2-4,7-8,10-11H2,1H3. The first kappa shape index (κ1) is 12.5. The van der Waals surface area contributed by atoms with Crippen LogP contribution < -0.4 is 5.32 Å². The fraction of sp³-hybridized carbons (Fsp3) is 0.643. The molecule has 0 saturated heterocycles. The summed E-state index contributed by atoms with van der Waals surface area (Å²) in [4.78, 5) is 4.29. The average Bonchev–Trinajstić information content (AvgIpc) is 2.39. The first-order chi connectivity index (χ1) is 8.24. The van der Waals surface area contributed by atoms with Gasteiger partial charge in [0.2, 0.25) is 0 Å². The van der Waals surface area contributed by atoms with E-state index < -0.39 is 0 Å². The number of aromatic nitrogens is 1. The third kappa shape index (κ3) is 3.27. The van der Waals surface area contributed by atoms with E-state index in [4.69, 9.17) is 0 Å². The highest BCUT2D eigenvalue weighted by Crippen LogP contribution is 2.28. The van der Waals surface area contributed by atoms with Crippen molar-refractivity contribution in [3.8, 4) is 0 Å². The predicted molar refractivity (Wildman–Crippen MR) is 68.7 cm³/mol. The fourth-order valence-corrected chi connectivity index (χ4v) is 2.51. The van der Waals surface area contributed by atoms with Crippen molar-refractivity contribution in [1.29, 1.82) is 0 Å². The van der Waals surface area contributed by atoms with Gasteiger partial charge < -0.3 is 10.4 Å². The first-order valence-corrected chi connectivity index (χ1v) is 6.52. The Labute approximate surface area is 103 Å². The minimum Gasteiger partial charge on any atom is -0.394 e. The van der Waals surface area contributed by atoms with Crippen molar-refractivity contribution in [2.75, 3.05) is 6.61 Å². The number of rotatable bonds is 4. The second-order valence-corrected chi connectivity index (χ2v) is 5.16. The molecule has 3 heteroatoms. The number of nitrogens with zero attached hydrogens (tertiary/aromatic N) is 1. The molecule has 0 aromatic carbocycles. The van der Waals surface area contributed by atoms with Crippen LogP contribution in [0.4, 0.5) is 0 Å². The molecule has 1 aliphatic carbocycles. The zero-order valence-electron chi connectivity index (χ0n) is 10.6. The van der Waals surface area contributed by atoms with E-state index in [1.807, 2.05) is 19.2 Å². The van der Waals surface area contributed by atoms with Crippen LogP contribution in [0.5, 0.6) is 0 Å². The van der Waals surface area contributed by atoms with Gasteiger partial charge in [-0.25, -0.2) is 0 Å². The molecule has 3 nitrogen and oxygen atoms in total. The minimum atomic E-state index is -0.0524. The summed E-state index contributed by atoms with van der Waals surface area (Å²) in [6.45, 7) is 3.04. The number of aliphatic hydroxyl groups is 1. The van der Waals surface area contributed by atoms with Crippen LogP contribution in [-0.4, -0.2) is 22.2 Å². The Morgan fingerprint density at radius 3 is 2.65 bits per heavy atom. The molecule has 0 amide bonds. The van der Waals surface area contributed by atoms with Gasteiger partial charge in [0.1, 0.15) is 0 Å². The number of pyridine rings is 1. The number of hydrogen-bond donors (Lipinski definition) is 2. The van der Waals surface area contributed by atoms with Crippen molar-refractivity contribution < 1.29 is 5.11 Å². The topological polar surface area (TPSA) is 45.1 Å². The van der Waals surface area contributed by atoms with Crippen LogP contribution in [0.2, 0.25) is 0 Å². The number of aliphatic hydroxyl groups excluding tert-OH is 1. The Kier molecular flexibility index (Phi) is 4.13. The summed E-state index contributed by atoms with van der Waals surface area (Å²) in [6, 6.07) is 4.13. The van der Waals surface area contributed by atoms with Gasteiger partial charge in [-0.05, 0) is 31.4 Å². The lowest BCUT2D eigenvalue weighted by Gasteiger charge is -2.36. The third-order valence-corrected chi connectivity index (χ3v) is 3.75. The summed E-state index contributed by atoms with van der Waals surface area (Å²) in [5.74, 6) is 0. The highest BCUT2D eigenvalue weighted by Gasteiger charge is 2.30. The quantitative estimate of drug-likeness (QED) is 0.839. The Hall–Kier alpha value is -0.930. The fourth-order valence-electron chi connectivity index (χ4n) is 2.51. The van der Waals surface area contributed by atoms with E-state index in [1.165, 1.54) is 24.8 Å². The molecule has 1 heterocycles. The average molecular weight is 234 g/mol. The van der Waals surface area contributed by atoms with Crippen molar-refractivity contribution in [1.82, 2.24) is 10.3 Å². The van der Waals surface area contributed by atoms with Gasteiger partial charge in [0, 0.05) is 24.0 Å². The highest BCUT2D eigenvalue weighted by molar-refractivity contribution is 5.13. The summed E-state index contributed by atoms with van der Waals surface area (Å²) in [6.07, 6.45) is 7.83. The summed E-state index contributed by atoms with van der Waals surface area (Å²) in [5.41, 5.74) is 2.18. The van der Waals surface area contributed by atoms with Crippen molar-refractivity contribution in [3.63, 3.8) is 0 Å². The molecule has 1 fully saturated rings. The Balaban J connectivity index is 1.93. The summed E-state index contributed by atoms with van der Waals surface area (Å²) >= 11 is 0. The number of nitrogens with one attached hydrogen (secondary N) is 1. The molecular formula is C14H22N2O. The minimum absolute atomic E-state index is 0.0524. The Bertz CT molecular complexity index is 342. The van der Waals surface area contributed by atoms with Gasteiger partial charge >= 0.3 is 0 Å². The highest BCUT2D eigenvalue weighted by atomic mass is 16.3. The zero-order chi connectivity index (χ0) is 12.1. The monoisotopic (exact) mass is 234 g/mol. The lowest BCUT2D eigenvalue weighted by Crippen LogP contribution is -2.49. The SMILES string of the molecule is Cc1ccc(CNC2(CO)CCCCC2)cn1. The van der Waals surface area contributed by atoms with Crippen molar-refractivity contribution in [2.24, 2.45) is 0 Å². The molecule has 94 valence electrons. The molecule has 0 bridgehead atoms. The molecule has 0 aliphatic heterocycles. The van der Waals surface area contributed by atoms with E-state index in [9.17, 15) is 5.11 Å². The lowest BCUT2D eigenvalue weighted by molar-refractivity contribution is 0.119. The van der Waals surface area contributed by atoms with Gasteiger partial charge in [-0.1, -0.05) is 25.3 Å². The molecule has 0 atom stereocenters. The van der Waals surface area contributed by atoms with Crippen molar-refractivity contribution >= 4 is 0 Å². The molecular weight excluding hydrogens is 212 g/mol. The number of hydrogen-bond acceptors (Lipinski definition) is 3. The molecule has 1 saturated carbocycles. The maximum atomic E-state index is 9.59. The van der Waals surface area contributed by atoms with E-state index in [-0.39, 0.29) is 12.1 Å². The summed E-state index contributed by atoms with van der Waals surface area (Å²) < 4.78 is 0. The molecule has 1 aliphatic rings. The van der Waals surface area contributed by atoms with E-state index in [1.54, 1.807) is 0 Å². The lowest BCUT2D eigenvalue weighted by atomic mass is 9.82. The van der Waals surface area contributed by atoms with Crippen molar-refractivity contribution in [2.45, 2.75) is 51.1 Å². The van der Waals surface area contributed by atoms with E-state index >= 15 is 0 Å². The van der Waals surface area contributed by atoms with Crippen molar-refractivity contribution in [3.05, 3.63) is 29.6 Å². The molecule has 1 aromatic rings. The van der Waals surface area contributed by atoms with E-state index in [0.29, 0.717) is 0 Å². The van der Waals surface area contributed by atoms with Gasteiger partial charge in [-0.2, -0.15) is 0 Å². The van der Waals surface area contributed by atoms with E-state index in [2.05, 4.69) is 16.4 Å². The molecule has 2 N–H and O–H groups in total. The van der Waals surface area contributed by atoms with E-state index in [0.717, 1.165) is 25.1 Å². The van der Waals surface area contributed by atoms with Crippen LogP contribution in [0.3, 0.4) is 0 Å². The number of aryl methyl sites for hydroxylation is 1. The molecule has 0 spiro atoms. The largest absolute Gasteiger partial charge is 0.394 e. The van der Waals surface area contributed by atoms with Gasteiger partial charge in [-0.3, -0.25) is 4.98 Å². The van der Waals surface area contributed by atoms with Gasteiger partial charge in [0.05, 0.1) is 6.61 Å². The summed E-state index contributed by atoms with van der Waals surface area (Å²) in [5, 5.41) is 13.1. The molecule has 2 rings (SSSR count). The van der Waals surface area contributed by atoms with Gasteiger partial charge in [0.15, 0.2) is 0 Å². The normalized spacial score (nSPS) is 19.2. The van der Waals surface area contributed by atoms with Gasteiger partial charge in [-0.15, -0.1) is 0 Å². The Morgan fingerprint density at radius 1 is 1.29 bits per heavy atom. The summed E-state index contributed by atoms with van der Waals surface area (Å²) in [7, 11) is 0. The van der Waals surface area contributed by atoms with Crippen LogP contribution in [0, 0.1) is 6.92 Å². The maximum absolute atomic E-state index is 9.59. The predicted octanol–water partition coefficient (Wildman–Crippen LogP) is 2.17. The van der Waals surface area contributed by atoms with Crippen LogP contribution in [0.15, 0.2) is 18.3 Å². The van der Waals surface area contributed by atoms with Crippen LogP contribution >= 0.6 is 0 Å². The van der Waals surface area contributed by atoms with Crippen LogP contribution in [-0.2, 0) is 6.54 Å². The molecule has 17 heavy (non-hydrogen) atoms. The van der Waals surface area contributed by atoms with Gasteiger partial charge in [0.25, 0.3) is 0 Å². The smallest absolute Gasteiger partial charge is 0.0613 e. The van der Waals surface area contributed by atoms with Crippen LogP contribution in [0.25, 0.3) is 0 Å². The molecule has 0 radical (unpaired) electrons.